The third-order valence-corrected chi connectivity index (χ3v) is 2.81. The van der Waals surface area contributed by atoms with Gasteiger partial charge in [0, 0.05) is 24.0 Å². The zero-order chi connectivity index (χ0) is 14.5. The topological polar surface area (TPSA) is 69.7 Å². The van der Waals surface area contributed by atoms with Crippen LogP contribution in [-0.2, 0) is 4.79 Å². The summed E-state index contributed by atoms with van der Waals surface area (Å²) in [4.78, 5) is 15.8. The fourth-order valence-corrected chi connectivity index (χ4v) is 1.89. The third-order valence-electron chi connectivity index (χ3n) is 2.81. The molecule has 6 heteroatoms. The molecule has 1 aliphatic rings. The molecule has 0 unspecified atom stereocenters. The number of amides is 1. The number of carbonyl (C=O) groups is 1. The monoisotopic (exact) mass is 286 g/mol. The molecule has 0 saturated heterocycles. The highest BCUT2D eigenvalue weighted by Crippen LogP contribution is 2.32. The molecule has 2 heterocycles. The fraction of sp³-hybridized carbons (Fsp3) is 0.200. The molecule has 108 valence electrons. The molecule has 0 saturated carbocycles. The Morgan fingerprint density at radius 1 is 1.19 bits per heavy atom. The maximum absolute atomic E-state index is 11.8. The van der Waals surface area contributed by atoms with Gasteiger partial charge in [0.2, 0.25) is 5.88 Å². The molecule has 6 nitrogen and oxygen atoms in total. The zero-order valence-electron chi connectivity index (χ0n) is 11.2. The maximum atomic E-state index is 11.8. The Hall–Kier alpha value is -2.76. The number of rotatable bonds is 4. The molecule has 1 aromatic heterocycles. The van der Waals surface area contributed by atoms with E-state index < -0.39 is 0 Å². The van der Waals surface area contributed by atoms with Crippen LogP contribution in [-0.4, -0.2) is 30.7 Å². The molecule has 1 amide bonds. The van der Waals surface area contributed by atoms with Crippen molar-refractivity contribution in [3.8, 4) is 17.4 Å². The van der Waals surface area contributed by atoms with E-state index in [0.717, 1.165) is 0 Å². The second kappa shape index (κ2) is 6.13. The molecule has 0 radical (unpaired) electrons. The number of anilines is 1. The predicted octanol–water partition coefficient (Wildman–Crippen LogP) is 1.87. The lowest BCUT2D eigenvalue weighted by Gasteiger charge is -2.19. The minimum Gasteiger partial charge on any atom is -0.486 e. The summed E-state index contributed by atoms with van der Waals surface area (Å²) in [5, 5.41) is 2.74. The fourth-order valence-electron chi connectivity index (χ4n) is 1.89. The van der Waals surface area contributed by atoms with Crippen LogP contribution in [0.1, 0.15) is 0 Å². The Kier molecular flexibility index (Phi) is 3.86. The SMILES string of the molecule is O=C(COc1ccccn1)Nc1ccc2c(c1)OCCO2. The first kappa shape index (κ1) is 13.2. The number of ether oxygens (including phenoxy) is 3. The van der Waals surface area contributed by atoms with Crippen LogP contribution in [0.25, 0.3) is 0 Å². The second-order valence-electron chi connectivity index (χ2n) is 4.36. The van der Waals surface area contributed by atoms with Gasteiger partial charge in [0.15, 0.2) is 18.1 Å². The molecule has 3 rings (SSSR count). The van der Waals surface area contributed by atoms with Crippen molar-refractivity contribution in [2.45, 2.75) is 0 Å². The van der Waals surface area contributed by atoms with Crippen molar-refractivity contribution >= 4 is 11.6 Å². The van der Waals surface area contributed by atoms with Crippen molar-refractivity contribution in [3.05, 3.63) is 42.6 Å². The normalized spacial score (nSPS) is 12.6. The molecule has 0 spiro atoms. The molecule has 0 bridgehead atoms. The summed E-state index contributed by atoms with van der Waals surface area (Å²) >= 11 is 0. The predicted molar refractivity (Wildman–Crippen MR) is 75.8 cm³/mol. The summed E-state index contributed by atoms with van der Waals surface area (Å²) in [6.07, 6.45) is 1.61. The molecule has 0 fully saturated rings. The summed E-state index contributed by atoms with van der Waals surface area (Å²) in [6.45, 7) is 0.940. The van der Waals surface area contributed by atoms with Crippen molar-refractivity contribution < 1.29 is 19.0 Å². The standard InChI is InChI=1S/C15H14N2O4/c18-14(10-21-15-3-1-2-6-16-15)17-11-4-5-12-13(9-11)20-8-7-19-12/h1-6,9H,7-8,10H2,(H,17,18). The van der Waals surface area contributed by atoms with Crippen LogP contribution < -0.4 is 19.5 Å². The van der Waals surface area contributed by atoms with Crippen LogP contribution in [0.4, 0.5) is 5.69 Å². The second-order valence-corrected chi connectivity index (χ2v) is 4.36. The van der Waals surface area contributed by atoms with Gasteiger partial charge in [-0.05, 0) is 18.2 Å². The van der Waals surface area contributed by atoms with E-state index in [1.807, 2.05) is 0 Å². The number of fused-ring (bicyclic) bond motifs is 1. The smallest absolute Gasteiger partial charge is 0.262 e. The van der Waals surface area contributed by atoms with Gasteiger partial charge in [-0.2, -0.15) is 0 Å². The summed E-state index contributed by atoms with van der Waals surface area (Å²) < 4.78 is 16.1. The van der Waals surface area contributed by atoms with Crippen molar-refractivity contribution in [2.75, 3.05) is 25.1 Å². The number of hydrogen-bond donors (Lipinski definition) is 1. The lowest BCUT2D eigenvalue weighted by molar-refractivity contribution is -0.118. The van der Waals surface area contributed by atoms with Crippen molar-refractivity contribution in [2.24, 2.45) is 0 Å². The van der Waals surface area contributed by atoms with Crippen LogP contribution >= 0.6 is 0 Å². The van der Waals surface area contributed by atoms with Gasteiger partial charge >= 0.3 is 0 Å². The molecular weight excluding hydrogens is 272 g/mol. The van der Waals surface area contributed by atoms with E-state index in [-0.39, 0.29) is 12.5 Å². The van der Waals surface area contributed by atoms with Crippen molar-refractivity contribution in [1.29, 1.82) is 0 Å². The van der Waals surface area contributed by atoms with Crippen molar-refractivity contribution in [1.82, 2.24) is 4.98 Å². The molecule has 21 heavy (non-hydrogen) atoms. The summed E-state index contributed by atoms with van der Waals surface area (Å²) in [6, 6.07) is 10.5. The molecule has 0 atom stereocenters. The Bertz CT molecular complexity index is 631. The van der Waals surface area contributed by atoms with E-state index in [0.29, 0.717) is 36.3 Å². The molecule has 0 aliphatic carbocycles. The summed E-state index contributed by atoms with van der Waals surface area (Å²) in [5.41, 5.74) is 0.633. The van der Waals surface area contributed by atoms with E-state index in [4.69, 9.17) is 14.2 Å². The molecule has 1 N–H and O–H groups in total. The van der Waals surface area contributed by atoms with Gasteiger partial charge in [0.05, 0.1) is 0 Å². The average molecular weight is 286 g/mol. The highest BCUT2D eigenvalue weighted by Gasteiger charge is 2.13. The summed E-state index contributed by atoms with van der Waals surface area (Å²) in [5.74, 6) is 1.46. The minimum absolute atomic E-state index is 0.106. The number of nitrogens with zero attached hydrogens (tertiary/aromatic N) is 1. The van der Waals surface area contributed by atoms with Gasteiger partial charge in [-0.15, -0.1) is 0 Å². The first-order chi connectivity index (χ1) is 10.3. The van der Waals surface area contributed by atoms with Gasteiger partial charge in [0.1, 0.15) is 13.2 Å². The van der Waals surface area contributed by atoms with Gasteiger partial charge in [-0.25, -0.2) is 4.98 Å². The van der Waals surface area contributed by atoms with E-state index in [1.54, 1.807) is 42.6 Å². The number of benzene rings is 1. The largest absolute Gasteiger partial charge is 0.486 e. The first-order valence-electron chi connectivity index (χ1n) is 6.54. The maximum Gasteiger partial charge on any atom is 0.262 e. The van der Waals surface area contributed by atoms with Crippen LogP contribution in [0.5, 0.6) is 17.4 Å². The highest BCUT2D eigenvalue weighted by molar-refractivity contribution is 5.92. The zero-order valence-corrected chi connectivity index (χ0v) is 11.2. The quantitative estimate of drug-likeness (QED) is 0.929. The first-order valence-corrected chi connectivity index (χ1v) is 6.54. The summed E-state index contributed by atoms with van der Waals surface area (Å²) in [7, 11) is 0. The van der Waals surface area contributed by atoms with E-state index in [2.05, 4.69) is 10.3 Å². The lowest BCUT2D eigenvalue weighted by Crippen LogP contribution is -2.21. The van der Waals surface area contributed by atoms with Crippen LogP contribution in [0.3, 0.4) is 0 Å². The molecular formula is C15H14N2O4. The number of hydrogen-bond acceptors (Lipinski definition) is 5. The van der Waals surface area contributed by atoms with Crippen LogP contribution in [0.2, 0.25) is 0 Å². The number of carbonyl (C=O) groups excluding carboxylic acids is 1. The van der Waals surface area contributed by atoms with E-state index >= 15 is 0 Å². The Morgan fingerprint density at radius 2 is 2.05 bits per heavy atom. The molecule has 1 aromatic carbocycles. The van der Waals surface area contributed by atoms with Crippen molar-refractivity contribution in [3.63, 3.8) is 0 Å². The number of pyridine rings is 1. The Labute approximate surface area is 121 Å². The van der Waals surface area contributed by atoms with Gasteiger partial charge in [-0.1, -0.05) is 6.07 Å². The minimum atomic E-state index is -0.266. The van der Waals surface area contributed by atoms with Gasteiger partial charge in [-0.3, -0.25) is 4.79 Å². The molecule has 1 aliphatic heterocycles. The van der Waals surface area contributed by atoms with Gasteiger partial charge < -0.3 is 19.5 Å². The average Bonchev–Trinajstić information content (AvgIpc) is 2.54. The third kappa shape index (κ3) is 3.42. The van der Waals surface area contributed by atoms with Gasteiger partial charge in [0.25, 0.3) is 5.91 Å². The number of aromatic nitrogens is 1. The lowest BCUT2D eigenvalue weighted by atomic mass is 10.2. The molecule has 2 aromatic rings. The van der Waals surface area contributed by atoms with E-state index in [1.165, 1.54) is 0 Å². The van der Waals surface area contributed by atoms with E-state index in [9.17, 15) is 4.79 Å². The highest BCUT2D eigenvalue weighted by atomic mass is 16.6. The van der Waals surface area contributed by atoms with Crippen LogP contribution in [0, 0.1) is 0 Å². The van der Waals surface area contributed by atoms with Crippen LogP contribution in [0.15, 0.2) is 42.6 Å². The number of nitrogens with one attached hydrogen (secondary N) is 1. The Balaban J connectivity index is 1.57. The Morgan fingerprint density at radius 3 is 2.86 bits per heavy atom.